The number of carbonyl (C=O) groups is 1. The van der Waals surface area contributed by atoms with Crippen LogP contribution in [0, 0.1) is 10.1 Å². The Kier molecular flexibility index (Phi) is 5.06. The Morgan fingerprint density at radius 1 is 1.50 bits per heavy atom. The third-order valence-electron chi connectivity index (χ3n) is 2.42. The van der Waals surface area contributed by atoms with Crippen LogP contribution in [-0.4, -0.2) is 27.0 Å². The van der Waals surface area contributed by atoms with E-state index < -0.39 is 22.7 Å². The highest BCUT2D eigenvalue weighted by Crippen LogP contribution is 2.27. The Balaban J connectivity index is 3.12. The molecule has 1 aromatic carbocycles. The molecule has 0 saturated carbocycles. The topological polar surface area (TPSA) is 101 Å². The molecule has 2 N–H and O–H groups in total. The lowest BCUT2D eigenvalue weighted by Crippen LogP contribution is -2.12. The Bertz CT molecular complexity index is 463. The van der Waals surface area contributed by atoms with Gasteiger partial charge in [-0.2, -0.15) is 0 Å². The molecule has 0 heterocycles. The van der Waals surface area contributed by atoms with Crippen molar-refractivity contribution in [3.05, 3.63) is 39.4 Å². The van der Waals surface area contributed by atoms with Crippen LogP contribution in [0.1, 0.15) is 23.7 Å². The Morgan fingerprint density at radius 3 is 2.67 bits per heavy atom. The zero-order chi connectivity index (χ0) is 13.7. The van der Waals surface area contributed by atoms with E-state index in [2.05, 4.69) is 0 Å². The van der Waals surface area contributed by atoms with Crippen LogP contribution in [0.3, 0.4) is 0 Å². The standard InChI is InChI=1S/C11H12ClNO5/c12-5-1-2-7-3-4-8(10(14)11(15)16)9(6-7)13(17)18/h3-4,6,10,14H,1-2,5H2,(H,15,16). The van der Waals surface area contributed by atoms with E-state index in [9.17, 15) is 20.0 Å². The van der Waals surface area contributed by atoms with Gasteiger partial charge in [0, 0.05) is 11.9 Å². The highest BCUT2D eigenvalue weighted by atomic mass is 35.5. The molecule has 0 bridgehead atoms. The number of aliphatic carboxylic acids is 1. The molecule has 98 valence electrons. The number of rotatable bonds is 6. The quantitative estimate of drug-likeness (QED) is 0.468. The zero-order valence-corrected chi connectivity index (χ0v) is 10.1. The van der Waals surface area contributed by atoms with Gasteiger partial charge in [0.1, 0.15) is 0 Å². The van der Waals surface area contributed by atoms with E-state index >= 15 is 0 Å². The smallest absolute Gasteiger partial charge is 0.337 e. The number of nitro benzene ring substituents is 1. The van der Waals surface area contributed by atoms with Crippen molar-refractivity contribution < 1.29 is 19.9 Å². The van der Waals surface area contributed by atoms with Crippen molar-refractivity contribution in [2.75, 3.05) is 5.88 Å². The Hall–Kier alpha value is -1.66. The summed E-state index contributed by atoms with van der Waals surface area (Å²) in [4.78, 5) is 20.8. The van der Waals surface area contributed by atoms with Crippen molar-refractivity contribution in [2.24, 2.45) is 0 Å². The van der Waals surface area contributed by atoms with Crippen molar-refractivity contribution in [3.63, 3.8) is 0 Å². The molecule has 0 aliphatic heterocycles. The van der Waals surface area contributed by atoms with Crippen molar-refractivity contribution in [2.45, 2.75) is 18.9 Å². The monoisotopic (exact) mass is 273 g/mol. The number of hydrogen-bond donors (Lipinski definition) is 2. The van der Waals surface area contributed by atoms with Crippen LogP contribution in [0.2, 0.25) is 0 Å². The highest BCUT2D eigenvalue weighted by Gasteiger charge is 2.25. The summed E-state index contributed by atoms with van der Waals surface area (Å²) in [5, 5.41) is 28.9. The number of benzene rings is 1. The molecule has 6 nitrogen and oxygen atoms in total. The minimum absolute atomic E-state index is 0.220. The Labute approximate surface area is 108 Å². The number of aliphatic hydroxyl groups is 1. The van der Waals surface area contributed by atoms with Crippen molar-refractivity contribution in [1.29, 1.82) is 0 Å². The number of hydrogen-bond acceptors (Lipinski definition) is 4. The van der Waals surface area contributed by atoms with Gasteiger partial charge in [-0.25, -0.2) is 4.79 Å². The third kappa shape index (κ3) is 3.41. The summed E-state index contributed by atoms with van der Waals surface area (Å²) in [5.74, 6) is -1.08. The highest BCUT2D eigenvalue weighted by molar-refractivity contribution is 6.17. The molecule has 1 rings (SSSR count). The van der Waals surface area contributed by atoms with Crippen molar-refractivity contribution >= 4 is 23.3 Å². The molecule has 7 heteroatoms. The number of alkyl halides is 1. The zero-order valence-electron chi connectivity index (χ0n) is 9.38. The number of nitro groups is 1. The normalized spacial score (nSPS) is 12.1. The molecular formula is C11H12ClNO5. The van der Waals surface area contributed by atoms with Gasteiger partial charge in [0.05, 0.1) is 10.5 Å². The average Bonchev–Trinajstić information content (AvgIpc) is 2.34. The predicted molar refractivity (Wildman–Crippen MR) is 64.7 cm³/mol. The second-order valence-corrected chi connectivity index (χ2v) is 4.06. The second-order valence-electron chi connectivity index (χ2n) is 3.68. The van der Waals surface area contributed by atoms with E-state index in [1.54, 1.807) is 6.07 Å². The van der Waals surface area contributed by atoms with E-state index in [1.807, 2.05) is 0 Å². The summed E-state index contributed by atoms with van der Waals surface area (Å²) in [6.07, 6.45) is -0.666. The average molecular weight is 274 g/mol. The van der Waals surface area contributed by atoms with Crippen LogP contribution < -0.4 is 0 Å². The fourth-order valence-corrected chi connectivity index (χ4v) is 1.67. The van der Waals surface area contributed by atoms with Crippen LogP contribution in [0.5, 0.6) is 0 Å². The van der Waals surface area contributed by atoms with E-state index in [1.165, 1.54) is 12.1 Å². The van der Waals surface area contributed by atoms with Crippen molar-refractivity contribution in [1.82, 2.24) is 0 Å². The van der Waals surface area contributed by atoms with Gasteiger partial charge in [0.15, 0.2) is 6.10 Å². The first-order valence-electron chi connectivity index (χ1n) is 5.21. The first-order chi connectivity index (χ1) is 8.47. The summed E-state index contributed by atoms with van der Waals surface area (Å²) in [7, 11) is 0. The number of halogens is 1. The van der Waals surface area contributed by atoms with Gasteiger partial charge in [-0.15, -0.1) is 11.6 Å². The van der Waals surface area contributed by atoms with Gasteiger partial charge in [0.2, 0.25) is 0 Å². The molecule has 1 atom stereocenters. The summed E-state index contributed by atoms with van der Waals surface area (Å²) in [5.41, 5.74) is 0.0720. The summed E-state index contributed by atoms with van der Waals surface area (Å²) in [6, 6.07) is 4.09. The lowest BCUT2D eigenvalue weighted by atomic mass is 10.0. The molecule has 18 heavy (non-hydrogen) atoms. The molecule has 0 saturated heterocycles. The molecule has 0 aromatic heterocycles. The lowest BCUT2D eigenvalue weighted by molar-refractivity contribution is -0.386. The molecule has 1 aromatic rings. The predicted octanol–water partition coefficient (Wildman–Crippen LogP) is 1.88. The number of carboxylic acid groups (broad SMARTS) is 1. The molecule has 0 amide bonds. The van der Waals surface area contributed by atoms with Gasteiger partial charge in [-0.05, 0) is 24.5 Å². The van der Waals surface area contributed by atoms with Crippen molar-refractivity contribution in [3.8, 4) is 0 Å². The first kappa shape index (κ1) is 14.4. The molecule has 0 spiro atoms. The number of aryl methyl sites for hydroxylation is 1. The minimum atomic E-state index is -1.90. The maximum Gasteiger partial charge on any atom is 0.337 e. The Morgan fingerprint density at radius 2 is 2.17 bits per heavy atom. The third-order valence-corrected chi connectivity index (χ3v) is 2.69. The fourth-order valence-electron chi connectivity index (χ4n) is 1.54. The molecule has 1 unspecified atom stereocenters. The number of aliphatic hydroxyl groups excluding tert-OH is 1. The second kappa shape index (κ2) is 6.32. The summed E-state index contributed by atoms with van der Waals surface area (Å²) >= 11 is 5.53. The van der Waals surface area contributed by atoms with Gasteiger partial charge in [-0.1, -0.05) is 6.07 Å². The molecule has 0 aliphatic carbocycles. The maximum absolute atomic E-state index is 10.9. The van der Waals surface area contributed by atoms with Crippen LogP contribution >= 0.6 is 11.6 Å². The van der Waals surface area contributed by atoms with Crippen LogP contribution in [-0.2, 0) is 11.2 Å². The van der Waals surface area contributed by atoms with Crippen LogP contribution in [0.4, 0.5) is 5.69 Å². The summed E-state index contributed by atoms with van der Waals surface area (Å²) < 4.78 is 0. The van der Waals surface area contributed by atoms with Gasteiger partial charge >= 0.3 is 5.97 Å². The van der Waals surface area contributed by atoms with Crippen LogP contribution in [0.25, 0.3) is 0 Å². The van der Waals surface area contributed by atoms with E-state index in [0.717, 1.165) is 0 Å². The summed E-state index contributed by atoms with van der Waals surface area (Å²) in [6.45, 7) is 0. The van der Waals surface area contributed by atoms with Gasteiger partial charge < -0.3 is 10.2 Å². The van der Waals surface area contributed by atoms with Gasteiger partial charge in [-0.3, -0.25) is 10.1 Å². The maximum atomic E-state index is 10.9. The largest absolute Gasteiger partial charge is 0.479 e. The van der Waals surface area contributed by atoms with Gasteiger partial charge in [0.25, 0.3) is 5.69 Å². The lowest BCUT2D eigenvalue weighted by Gasteiger charge is -2.08. The minimum Gasteiger partial charge on any atom is -0.479 e. The molecular weight excluding hydrogens is 262 g/mol. The van der Waals surface area contributed by atoms with E-state index in [4.69, 9.17) is 16.7 Å². The number of nitrogens with zero attached hydrogens (tertiary/aromatic N) is 1. The van der Waals surface area contributed by atoms with E-state index in [-0.39, 0.29) is 5.56 Å². The van der Waals surface area contributed by atoms with Crippen LogP contribution in [0.15, 0.2) is 18.2 Å². The number of carboxylic acids is 1. The molecule has 0 aliphatic rings. The molecule has 0 fully saturated rings. The SMILES string of the molecule is O=C(O)C(O)c1ccc(CCCCl)cc1[N+](=O)[O-]. The van der Waals surface area contributed by atoms with E-state index in [0.29, 0.717) is 24.3 Å². The molecule has 0 radical (unpaired) electrons. The first-order valence-corrected chi connectivity index (χ1v) is 5.75. The fraction of sp³-hybridized carbons (Fsp3) is 0.364.